The molecule has 14 nitrogen and oxygen atoms in total. The molecule has 4 aliphatic rings. The van der Waals surface area contributed by atoms with Crippen molar-refractivity contribution in [1.82, 2.24) is 20.0 Å². The van der Waals surface area contributed by atoms with E-state index >= 15 is 0 Å². The van der Waals surface area contributed by atoms with Gasteiger partial charge in [-0.3, -0.25) is 19.5 Å². The van der Waals surface area contributed by atoms with Gasteiger partial charge < -0.3 is 37.3 Å². The summed E-state index contributed by atoms with van der Waals surface area (Å²) in [5.74, 6) is 0.208. The number of carbonyl (C=O) groups excluding carboxylic acids is 3. The summed E-state index contributed by atoms with van der Waals surface area (Å²) in [6.45, 7) is 23.2. The first-order valence-corrected chi connectivity index (χ1v) is 23.6. The Bertz CT molecular complexity index is 2040. The molecule has 0 spiro atoms. The molecule has 4 heterocycles. The Hall–Kier alpha value is -4.87. The maximum atomic E-state index is 9.85. The van der Waals surface area contributed by atoms with Gasteiger partial charge in [-0.25, -0.2) is 19.4 Å². The van der Waals surface area contributed by atoms with Gasteiger partial charge in [0.1, 0.15) is 11.5 Å². The summed E-state index contributed by atoms with van der Waals surface area (Å²) < 4.78 is 14.5. The first-order chi connectivity index (χ1) is 33.0. The van der Waals surface area contributed by atoms with Crippen LogP contribution in [0.3, 0.4) is 0 Å². The van der Waals surface area contributed by atoms with Crippen LogP contribution in [0.4, 0.5) is 11.4 Å². The van der Waals surface area contributed by atoms with Gasteiger partial charge >= 0.3 is 41.5 Å². The molecule has 0 bridgehead atoms. The predicted molar refractivity (Wildman–Crippen MR) is 271 cm³/mol. The van der Waals surface area contributed by atoms with Crippen molar-refractivity contribution in [3.05, 3.63) is 132 Å². The first-order valence-electron chi connectivity index (χ1n) is 23.6. The van der Waals surface area contributed by atoms with Crippen LogP contribution in [0.1, 0.15) is 57.6 Å². The minimum atomic E-state index is -0.639. The normalized spacial score (nSPS) is 16.3. The van der Waals surface area contributed by atoms with Gasteiger partial charge in [0.2, 0.25) is 5.97 Å². The number of nitrogens with zero attached hydrogens (tertiary/aromatic N) is 5. The van der Waals surface area contributed by atoms with E-state index in [2.05, 4.69) is 150 Å². The molecule has 4 saturated heterocycles. The number of rotatable bonds is 9. The van der Waals surface area contributed by atoms with Crippen LogP contribution in [-0.4, -0.2) is 139 Å². The van der Waals surface area contributed by atoms with Gasteiger partial charge in [-0.1, -0.05) is 97.1 Å². The monoisotopic (exact) mass is 956 g/mol. The summed E-state index contributed by atoms with van der Waals surface area (Å²) in [5.41, 5.74) is 6.70. The van der Waals surface area contributed by atoms with Crippen LogP contribution in [0.2, 0.25) is 0 Å². The van der Waals surface area contributed by atoms with Gasteiger partial charge in [0.15, 0.2) is 0 Å². The molecule has 1 N–H and O–H groups in total. The SMILES string of the molecule is C=C1CCN(Cc2ccccc2)CC1.CC(=O)OOC(C)=O.COc1ccccc1N1CCN(C2CCN(Cc3ccccc3)CC2)CC1.COc1ccccc1N1CCNCC1.[B-]OC(C)=O.[Na+]. The second-order valence-corrected chi connectivity index (χ2v) is 16.9. The van der Waals surface area contributed by atoms with Gasteiger partial charge in [-0.05, 0) is 74.2 Å². The van der Waals surface area contributed by atoms with Crippen LogP contribution in [0, 0.1) is 0 Å². The van der Waals surface area contributed by atoms with Crippen molar-refractivity contribution in [2.45, 2.75) is 65.6 Å². The molecule has 0 saturated carbocycles. The van der Waals surface area contributed by atoms with E-state index in [0.717, 1.165) is 96.8 Å². The molecular formula is C53H73BN6NaO8. The Kier molecular flexibility index (Phi) is 28.5. The molecule has 367 valence electrons. The van der Waals surface area contributed by atoms with Gasteiger partial charge in [0.05, 0.1) is 25.6 Å². The van der Waals surface area contributed by atoms with Gasteiger partial charge in [-0.15, -0.1) is 0 Å². The molecule has 0 amide bonds. The van der Waals surface area contributed by atoms with E-state index in [1.54, 1.807) is 14.2 Å². The Balaban J connectivity index is 0.000000255. The molecule has 0 atom stereocenters. The number of methoxy groups -OCH3 is 2. The number of hydrogen-bond donors (Lipinski definition) is 1. The second-order valence-electron chi connectivity index (χ2n) is 16.9. The average molecular weight is 956 g/mol. The van der Waals surface area contributed by atoms with Crippen LogP contribution in [-0.2, 0) is 41.9 Å². The van der Waals surface area contributed by atoms with Crippen molar-refractivity contribution in [2.75, 3.05) is 103 Å². The van der Waals surface area contributed by atoms with Crippen molar-refractivity contribution in [3.63, 3.8) is 0 Å². The van der Waals surface area contributed by atoms with Crippen molar-refractivity contribution in [1.29, 1.82) is 0 Å². The molecule has 4 aromatic rings. The van der Waals surface area contributed by atoms with Crippen LogP contribution < -0.4 is 54.1 Å². The van der Waals surface area contributed by atoms with E-state index in [4.69, 9.17) is 9.47 Å². The van der Waals surface area contributed by atoms with E-state index in [0.29, 0.717) is 0 Å². The average Bonchev–Trinajstić information content (AvgIpc) is 3.38. The summed E-state index contributed by atoms with van der Waals surface area (Å²) in [4.78, 5) is 49.4. The molecular weight excluding hydrogens is 882 g/mol. The number of para-hydroxylation sites is 4. The zero-order valence-corrected chi connectivity index (χ0v) is 44.0. The quantitative estimate of drug-likeness (QED) is 0.112. The minimum Gasteiger partial charge on any atom is -0.793 e. The van der Waals surface area contributed by atoms with Crippen LogP contribution >= 0.6 is 0 Å². The number of hydrogen-bond acceptors (Lipinski definition) is 14. The predicted octanol–water partition coefficient (Wildman–Crippen LogP) is 4.09. The molecule has 16 heteroatoms. The Morgan fingerprint density at radius 3 is 1.36 bits per heavy atom. The van der Waals surface area contributed by atoms with Crippen molar-refractivity contribution >= 4 is 37.3 Å². The molecule has 4 aromatic carbocycles. The summed E-state index contributed by atoms with van der Waals surface area (Å²) in [7, 11) is 7.81. The zero-order valence-electron chi connectivity index (χ0n) is 42.0. The van der Waals surface area contributed by atoms with E-state index in [1.165, 1.54) is 86.9 Å². The maximum Gasteiger partial charge on any atom is 1.00 e. The second kappa shape index (κ2) is 33.6. The zero-order chi connectivity index (χ0) is 48.9. The largest absolute Gasteiger partial charge is 1.00 e. The minimum absolute atomic E-state index is 0. The van der Waals surface area contributed by atoms with Gasteiger partial charge in [-0.2, -0.15) is 0 Å². The summed E-state index contributed by atoms with van der Waals surface area (Å²) in [6, 6.07) is 38.9. The standard InChI is InChI=1S/C23H31N3O.C13H17N.C11H16N2O.C4H6O4.C2H3BO2.Na/c1-27-23-10-6-5-9-22(23)26-17-15-25(16-18-26)21-11-13-24(14-12-21)19-20-7-3-2-4-8-20;1-12-7-9-14(10-8-12)11-13-5-3-2-4-6-13;1-14-11-5-3-2-4-10(11)13-8-6-12-7-9-13;1-3(5)7-8-4(2)6;1-2(4)5-3;/h2-10,21H,11-19H2,1H3;2-6H,1,7-11H2;2-5,12H,6-9H2,1H3;1-2H3;1H3;/q;;;;-1;+1. The first kappa shape index (κ1) is 58.4. The number of piperidine rings is 2. The smallest absolute Gasteiger partial charge is 0.793 e. The molecule has 0 aliphatic carbocycles. The molecule has 4 fully saturated rings. The van der Waals surface area contributed by atoms with E-state index in [-0.39, 0.29) is 29.6 Å². The number of benzene rings is 4. The van der Waals surface area contributed by atoms with E-state index < -0.39 is 17.9 Å². The van der Waals surface area contributed by atoms with E-state index in [1.807, 2.05) is 18.2 Å². The molecule has 3 radical (unpaired) electrons. The topological polar surface area (TPSA) is 126 Å². The van der Waals surface area contributed by atoms with Crippen LogP contribution in [0.25, 0.3) is 0 Å². The molecule has 0 aromatic heterocycles. The Labute approximate surface area is 434 Å². The van der Waals surface area contributed by atoms with Crippen LogP contribution in [0.15, 0.2) is 121 Å². The number of ether oxygens (including phenoxy) is 2. The number of nitrogens with one attached hydrogen (secondary N) is 1. The number of carbonyl (C=O) groups is 3. The Morgan fingerprint density at radius 1 is 0.565 bits per heavy atom. The van der Waals surface area contributed by atoms with Gasteiger partial charge in [0, 0.05) is 105 Å². The van der Waals surface area contributed by atoms with Crippen molar-refractivity contribution in [3.8, 4) is 11.5 Å². The molecule has 4 aliphatic heterocycles. The van der Waals surface area contributed by atoms with Crippen molar-refractivity contribution < 1.29 is 67.8 Å². The summed E-state index contributed by atoms with van der Waals surface area (Å²) in [5, 5.41) is 3.34. The summed E-state index contributed by atoms with van der Waals surface area (Å²) >= 11 is 0. The molecule has 8 rings (SSSR count). The fourth-order valence-electron chi connectivity index (χ4n) is 8.29. The van der Waals surface area contributed by atoms with Gasteiger partial charge in [0.25, 0.3) is 0 Å². The molecule has 69 heavy (non-hydrogen) atoms. The number of likely N-dealkylation sites (tertiary alicyclic amines) is 2. The Morgan fingerprint density at radius 2 is 0.957 bits per heavy atom. The maximum absolute atomic E-state index is 9.85. The third-order valence-corrected chi connectivity index (χ3v) is 11.9. The number of piperazine rings is 2. The third-order valence-electron chi connectivity index (χ3n) is 11.9. The van der Waals surface area contributed by atoms with Crippen molar-refractivity contribution in [2.24, 2.45) is 0 Å². The third kappa shape index (κ3) is 22.6. The van der Waals surface area contributed by atoms with Crippen LogP contribution in [0.5, 0.6) is 11.5 Å². The fourth-order valence-corrected chi connectivity index (χ4v) is 8.29. The summed E-state index contributed by atoms with van der Waals surface area (Å²) in [6.07, 6.45) is 4.93. The fraction of sp³-hybridized carbons (Fsp3) is 0.453. The molecule has 0 unspecified atom stereocenters. The van der Waals surface area contributed by atoms with E-state index in [9.17, 15) is 14.4 Å². The number of anilines is 2.